The van der Waals surface area contributed by atoms with Gasteiger partial charge in [-0.2, -0.15) is 0 Å². The largest absolute Gasteiger partial charge is 0.492 e. The Bertz CT molecular complexity index is 1490. The van der Waals surface area contributed by atoms with Gasteiger partial charge in [-0.05, 0) is 12.1 Å². The highest BCUT2D eigenvalue weighted by molar-refractivity contribution is 8.76. The summed E-state index contributed by atoms with van der Waals surface area (Å²) in [7, 11) is 18.7. The van der Waals surface area contributed by atoms with Gasteiger partial charge in [-0.1, -0.05) is 58.0 Å². The Labute approximate surface area is 277 Å². The van der Waals surface area contributed by atoms with Crippen LogP contribution in [0.4, 0.5) is 0 Å². The fourth-order valence-corrected chi connectivity index (χ4v) is 7.62. The molecular formula is C34H38O10S2. The molecular weight excluding hydrogens is 632 g/mol. The Morgan fingerprint density at radius 1 is 0.304 bits per heavy atom. The molecule has 0 saturated heterocycles. The van der Waals surface area contributed by atoms with Crippen LogP contribution >= 0.6 is 21.6 Å². The van der Waals surface area contributed by atoms with E-state index in [1.54, 1.807) is 78.5 Å². The van der Waals surface area contributed by atoms with Gasteiger partial charge in [0.2, 0.25) is 34.5 Å². The fraction of sp³-hybridized carbons (Fsp3) is 0.294. The molecule has 46 heavy (non-hydrogen) atoms. The highest BCUT2D eigenvalue weighted by Crippen LogP contribution is 2.61. The zero-order chi connectivity index (χ0) is 33.4. The highest BCUT2D eigenvalue weighted by Gasteiger charge is 2.32. The zero-order valence-corrected chi connectivity index (χ0v) is 29.2. The fourth-order valence-electron chi connectivity index (χ4n) is 5.24. The lowest BCUT2D eigenvalue weighted by molar-refractivity contribution is 0.292. The number of methoxy groups -OCH3 is 10. The molecule has 4 rings (SSSR count). The van der Waals surface area contributed by atoms with Crippen LogP contribution in [0.2, 0.25) is 0 Å². The summed E-state index contributed by atoms with van der Waals surface area (Å²) in [5, 5.41) is 0. The third kappa shape index (κ3) is 6.06. The molecule has 0 saturated carbocycles. The Balaban J connectivity index is 1.90. The van der Waals surface area contributed by atoms with Gasteiger partial charge in [-0.25, -0.2) is 0 Å². The van der Waals surface area contributed by atoms with Crippen molar-refractivity contribution in [2.24, 2.45) is 0 Å². The topological polar surface area (TPSA) is 92.3 Å². The standard InChI is InChI=1S/C34H38O10S2/c1-35-25-23(26(36-2)30(40-6)33(43-9)29(25)39-5)19-15-11-13-17-21(19)45-46-22-18-14-12-16-20(22)24-27(37-3)31(41-7)34(44-10)32(42-8)28(24)38-4/h11-18H,1-10H3. The van der Waals surface area contributed by atoms with Gasteiger partial charge < -0.3 is 47.4 Å². The van der Waals surface area contributed by atoms with E-state index in [2.05, 4.69) is 0 Å². The van der Waals surface area contributed by atoms with E-state index in [1.165, 1.54) is 14.2 Å². The van der Waals surface area contributed by atoms with E-state index in [-0.39, 0.29) is 0 Å². The smallest absolute Gasteiger partial charge is 0.211 e. The van der Waals surface area contributed by atoms with Gasteiger partial charge in [0, 0.05) is 20.9 Å². The summed E-state index contributed by atoms with van der Waals surface area (Å²) >= 11 is 0. The number of hydrogen-bond acceptors (Lipinski definition) is 12. The van der Waals surface area contributed by atoms with Crippen molar-refractivity contribution in [1.29, 1.82) is 0 Å². The van der Waals surface area contributed by atoms with Crippen LogP contribution in [-0.4, -0.2) is 71.1 Å². The van der Waals surface area contributed by atoms with E-state index in [0.29, 0.717) is 68.6 Å². The molecule has 0 aromatic heterocycles. The molecule has 0 atom stereocenters. The lowest BCUT2D eigenvalue weighted by Gasteiger charge is -2.23. The molecule has 4 aromatic rings. The molecule has 0 spiro atoms. The van der Waals surface area contributed by atoms with Crippen molar-refractivity contribution in [3.63, 3.8) is 0 Å². The maximum atomic E-state index is 5.90. The monoisotopic (exact) mass is 670 g/mol. The van der Waals surface area contributed by atoms with Crippen LogP contribution < -0.4 is 47.4 Å². The summed E-state index contributed by atoms with van der Waals surface area (Å²) in [5.41, 5.74) is 3.00. The molecule has 0 radical (unpaired) electrons. The first-order valence-electron chi connectivity index (χ1n) is 13.9. The van der Waals surface area contributed by atoms with Gasteiger partial charge >= 0.3 is 0 Å². The molecule has 0 aliphatic carbocycles. The first kappa shape index (κ1) is 34.5. The van der Waals surface area contributed by atoms with Crippen molar-refractivity contribution in [2.75, 3.05) is 71.1 Å². The highest BCUT2D eigenvalue weighted by atomic mass is 33.1. The van der Waals surface area contributed by atoms with Crippen molar-refractivity contribution in [3.8, 4) is 79.7 Å². The Morgan fingerprint density at radius 3 is 0.761 bits per heavy atom. The molecule has 0 N–H and O–H groups in total. The molecule has 12 heteroatoms. The average molecular weight is 671 g/mol. The third-order valence-electron chi connectivity index (χ3n) is 7.13. The minimum atomic E-state index is 0.365. The van der Waals surface area contributed by atoms with Gasteiger partial charge in [-0.15, -0.1) is 0 Å². The lowest BCUT2D eigenvalue weighted by Crippen LogP contribution is -2.03. The number of ether oxygens (including phenoxy) is 10. The molecule has 0 bridgehead atoms. The summed E-state index contributed by atoms with van der Waals surface area (Å²) in [6, 6.07) is 15.9. The summed E-state index contributed by atoms with van der Waals surface area (Å²) in [5.74, 6) is 4.06. The van der Waals surface area contributed by atoms with Gasteiger partial charge in [0.1, 0.15) is 0 Å². The van der Waals surface area contributed by atoms with Crippen molar-refractivity contribution in [3.05, 3.63) is 48.5 Å². The summed E-state index contributed by atoms with van der Waals surface area (Å²) in [4.78, 5) is 1.86. The van der Waals surface area contributed by atoms with Crippen LogP contribution in [0.15, 0.2) is 58.3 Å². The average Bonchev–Trinajstić information content (AvgIpc) is 3.11. The van der Waals surface area contributed by atoms with Gasteiger partial charge in [0.25, 0.3) is 0 Å². The molecule has 246 valence electrons. The van der Waals surface area contributed by atoms with Gasteiger partial charge in [0.15, 0.2) is 23.0 Å². The van der Waals surface area contributed by atoms with E-state index in [0.717, 1.165) is 20.9 Å². The minimum absolute atomic E-state index is 0.365. The predicted molar refractivity (Wildman–Crippen MR) is 181 cm³/mol. The van der Waals surface area contributed by atoms with Crippen molar-refractivity contribution in [2.45, 2.75) is 9.79 Å². The van der Waals surface area contributed by atoms with Gasteiger partial charge in [-0.3, -0.25) is 0 Å². The van der Waals surface area contributed by atoms with Crippen LogP contribution in [0.25, 0.3) is 22.3 Å². The first-order chi connectivity index (χ1) is 22.4. The van der Waals surface area contributed by atoms with E-state index in [4.69, 9.17) is 47.4 Å². The Hall–Kier alpha value is -4.42. The summed E-state index contributed by atoms with van der Waals surface area (Å²) < 4.78 is 57.8. The van der Waals surface area contributed by atoms with E-state index in [1.807, 2.05) is 48.5 Å². The maximum absolute atomic E-state index is 5.90. The van der Waals surface area contributed by atoms with Crippen LogP contribution in [0.1, 0.15) is 0 Å². The van der Waals surface area contributed by atoms with Crippen molar-refractivity contribution < 1.29 is 47.4 Å². The first-order valence-corrected chi connectivity index (χ1v) is 16.0. The van der Waals surface area contributed by atoms with E-state index < -0.39 is 0 Å². The lowest BCUT2D eigenvalue weighted by atomic mass is 10.0. The van der Waals surface area contributed by atoms with Crippen molar-refractivity contribution in [1.82, 2.24) is 0 Å². The van der Waals surface area contributed by atoms with Crippen molar-refractivity contribution >= 4 is 21.6 Å². The molecule has 0 amide bonds. The molecule has 0 aliphatic heterocycles. The van der Waals surface area contributed by atoms with E-state index >= 15 is 0 Å². The maximum Gasteiger partial charge on any atom is 0.211 e. The van der Waals surface area contributed by atoms with Crippen LogP contribution in [0.3, 0.4) is 0 Å². The second-order valence-corrected chi connectivity index (χ2v) is 11.5. The molecule has 0 aliphatic rings. The van der Waals surface area contributed by atoms with Crippen LogP contribution in [0.5, 0.6) is 57.5 Å². The molecule has 10 nitrogen and oxygen atoms in total. The SMILES string of the molecule is COc1c(OC)c(OC)c(-c2ccccc2SSc2ccccc2-c2c(OC)c(OC)c(OC)c(OC)c2OC)c(OC)c1OC. The van der Waals surface area contributed by atoms with Crippen LogP contribution in [-0.2, 0) is 0 Å². The number of rotatable bonds is 15. The molecule has 0 heterocycles. The van der Waals surface area contributed by atoms with Crippen LogP contribution in [0, 0.1) is 0 Å². The second-order valence-electron chi connectivity index (χ2n) is 9.24. The van der Waals surface area contributed by atoms with E-state index in [9.17, 15) is 0 Å². The van der Waals surface area contributed by atoms with Gasteiger partial charge in [0.05, 0.1) is 82.2 Å². The quantitative estimate of drug-likeness (QED) is 0.115. The minimum Gasteiger partial charge on any atom is -0.492 e. The molecule has 4 aromatic carbocycles. The zero-order valence-electron chi connectivity index (χ0n) is 27.5. The Kier molecular flexibility index (Phi) is 11.8. The predicted octanol–water partition coefficient (Wildman–Crippen LogP) is 7.91. The normalized spacial score (nSPS) is 10.6. The second kappa shape index (κ2) is 15.7. The Morgan fingerprint density at radius 2 is 0.522 bits per heavy atom. The number of benzene rings is 4. The molecule has 0 fully saturated rings. The summed E-state index contributed by atoms with van der Waals surface area (Å²) in [6.07, 6.45) is 0. The molecule has 0 unspecified atom stereocenters. The third-order valence-corrected chi connectivity index (χ3v) is 9.62. The number of hydrogen-bond donors (Lipinski definition) is 0. The summed E-state index contributed by atoms with van der Waals surface area (Å²) in [6.45, 7) is 0.